The summed E-state index contributed by atoms with van der Waals surface area (Å²) < 4.78 is 1.63. The molecule has 14 heavy (non-hydrogen) atoms. The molecule has 0 aliphatic rings. The Morgan fingerprint density at radius 1 is 1.29 bits per heavy atom. The molecular weight excluding hydrogens is 174 g/mol. The first kappa shape index (κ1) is 8.75. The van der Waals surface area contributed by atoms with E-state index in [-0.39, 0.29) is 5.56 Å². The van der Waals surface area contributed by atoms with E-state index in [1.165, 1.54) is 0 Å². The van der Waals surface area contributed by atoms with Crippen LogP contribution in [0.15, 0.2) is 47.4 Å². The van der Waals surface area contributed by atoms with E-state index in [2.05, 4.69) is 6.07 Å². The van der Waals surface area contributed by atoms with Crippen LogP contribution in [0.25, 0.3) is 5.69 Å². The normalized spacial score (nSPS) is 10.1. The van der Waals surface area contributed by atoms with Crippen LogP contribution in [0.1, 0.15) is 5.56 Å². The van der Waals surface area contributed by atoms with Crippen LogP contribution in [0.5, 0.6) is 0 Å². The van der Waals surface area contributed by atoms with Crippen molar-refractivity contribution in [1.29, 1.82) is 0 Å². The van der Waals surface area contributed by atoms with E-state index in [0.717, 1.165) is 11.3 Å². The first-order valence-corrected chi connectivity index (χ1v) is 4.44. The van der Waals surface area contributed by atoms with E-state index in [1.54, 1.807) is 22.9 Å². The summed E-state index contributed by atoms with van der Waals surface area (Å²) >= 11 is 0. The van der Waals surface area contributed by atoms with Crippen molar-refractivity contribution < 1.29 is 0 Å². The summed E-state index contributed by atoms with van der Waals surface area (Å²) in [5.74, 6) is 0. The fraction of sp³-hybridized carbons (Fsp3) is 0.0833. The van der Waals surface area contributed by atoms with Gasteiger partial charge in [0.15, 0.2) is 0 Å². The molecule has 0 fully saturated rings. The van der Waals surface area contributed by atoms with Crippen molar-refractivity contribution in [2.45, 2.75) is 6.92 Å². The summed E-state index contributed by atoms with van der Waals surface area (Å²) in [7, 11) is 0. The molecule has 1 aromatic carbocycles. The molecule has 0 aliphatic carbocycles. The van der Waals surface area contributed by atoms with Gasteiger partial charge in [0.1, 0.15) is 0 Å². The molecule has 0 bridgehead atoms. The first-order chi connectivity index (χ1) is 6.79. The Bertz CT molecular complexity index is 499. The number of hydrogen-bond acceptors (Lipinski definition) is 1. The molecule has 0 atom stereocenters. The minimum atomic E-state index is -0.0122. The number of aryl methyl sites for hydroxylation is 1. The monoisotopic (exact) mass is 184 g/mol. The highest BCUT2D eigenvalue weighted by atomic mass is 16.1. The predicted molar refractivity (Wildman–Crippen MR) is 55.6 cm³/mol. The molecule has 0 saturated heterocycles. The van der Waals surface area contributed by atoms with Crippen molar-refractivity contribution in [1.82, 2.24) is 4.57 Å². The van der Waals surface area contributed by atoms with E-state index in [0.29, 0.717) is 0 Å². The Hall–Kier alpha value is -1.83. The second-order valence-electron chi connectivity index (χ2n) is 3.12. The summed E-state index contributed by atoms with van der Waals surface area (Å²) in [6.07, 6.45) is 1.77. The average molecular weight is 184 g/mol. The van der Waals surface area contributed by atoms with E-state index in [4.69, 9.17) is 0 Å². The van der Waals surface area contributed by atoms with E-state index < -0.39 is 0 Å². The summed E-state index contributed by atoms with van der Waals surface area (Å²) in [5, 5.41) is 0. The van der Waals surface area contributed by atoms with Gasteiger partial charge in [0.25, 0.3) is 5.56 Å². The molecule has 1 heterocycles. The highest BCUT2D eigenvalue weighted by Crippen LogP contribution is 2.09. The molecular formula is C12H10NO. The summed E-state index contributed by atoms with van der Waals surface area (Å²) in [4.78, 5) is 11.5. The summed E-state index contributed by atoms with van der Waals surface area (Å²) in [6.45, 7) is 1.96. The lowest BCUT2D eigenvalue weighted by Gasteiger charge is -2.07. The van der Waals surface area contributed by atoms with Gasteiger partial charge >= 0.3 is 0 Å². The molecule has 2 nitrogen and oxygen atoms in total. The van der Waals surface area contributed by atoms with Gasteiger partial charge in [-0.3, -0.25) is 9.36 Å². The molecule has 2 heteroatoms. The minimum absolute atomic E-state index is 0.0122. The molecule has 69 valence electrons. The third kappa shape index (κ3) is 1.46. The first-order valence-electron chi connectivity index (χ1n) is 4.44. The lowest BCUT2D eigenvalue weighted by atomic mass is 10.2. The second kappa shape index (κ2) is 3.50. The quantitative estimate of drug-likeness (QED) is 0.664. The van der Waals surface area contributed by atoms with E-state index in [1.807, 2.05) is 31.2 Å². The number of aromatic nitrogens is 1. The molecule has 1 radical (unpaired) electrons. The van der Waals surface area contributed by atoms with Crippen LogP contribution in [0.2, 0.25) is 0 Å². The largest absolute Gasteiger partial charge is 0.284 e. The number of rotatable bonds is 1. The lowest BCUT2D eigenvalue weighted by Crippen LogP contribution is -2.16. The fourth-order valence-corrected chi connectivity index (χ4v) is 1.40. The molecule has 0 saturated carbocycles. The lowest BCUT2D eigenvalue weighted by molar-refractivity contribution is 0.978. The Morgan fingerprint density at radius 3 is 2.86 bits per heavy atom. The number of pyridine rings is 1. The van der Waals surface area contributed by atoms with Crippen LogP contribution in [0, 0.1) is 13.0 Å². The van der Waals surface area contributed by atoms with Gasteiger partial charge in [-0.2, -0.15) is 0 Å². The van der Waals surface area contributed by atoms with Crippen molar-refractivity contribution >= 4 is 0 Å². The average Bonchev–Trinajstić information content (AvgIpc) is 2.20. The number of nitrogens with zero attached hydrogens (tertiary/aromatic N) is 1. The van der Waals surface area contributed by atoms with Crippen LogP contribution in [0.4, 0.5) is 0 Å². The Labute approximate surface area is 82.4 Å². The van der Waals surface area contributed by atoms with Gasteiger partial charge in [-0.15, -0.1) is 0 Å². The SMILES string of the molecule is Cc1c[c]ccc1-n1ccccc1=O. The minimum Gasteiger partial charge on any atom is -0.284 e. The zero-order valence-corrected chi connectivity index (χ0v) is 7.90. The maximum atomic E-state index is 11.5. The van der Waals surface area contributed by atoms with Crippen LogP contribution in [-0.2, 0) is 0 Å². The van der Waals surface area contributed by atoms with Crippen LogP contribution in [0.3, 0.4) is 0 Å². The molecule has 1 aromatic heterocycles. The Morgan fingerprint density at radius 2 is 2.14 bits per heavy atom. The van der Waals surface area contributed by atoms with Gasteiger partial charge in [0.2, 0.25) is 0 Å². The van der Waals surface area contributed by atoms with Gasteiger partial charge in [-0.25, -0.2) is 0 Å². The number of benzene rings is 1. The highest BCUT2D eigenvalue weighted by Gasteiger charge is 1.99. The highest BCUT2D eigenvalue weighted by molar-refractivity contribution is 5.39. The second-order valence-corrected chi connectivity index (χ2v) is 3.12. The standard InChI is InChI=1S/C12H10NO/c1-10-6-2-3-7-11(10)13-9-5-4-8-12(13)14/h3-9H,1H3. The van der Waals surface area contributed by atoms with Crippen molar-refractivity contribution in [2.24, 2.45) is 0 Å². The summed E-state index contributed by atoms with van der Waals surface area (Å²) in [5.41, 5.74) is 1.94. The van der Waals surface area contributed by atoms with Gasteiger partial charge < -0.3 is 0 Å². The van der Waals surface area contributed by atoms with Crippen LogP contribution in [-0.4, -0.2) is 4.57 Å². The fourth-order valence-electron chi connectivity index (χ4n) is 1.40. The van der Waals surface area contributed by atoms with Crippen LogP contribution < -0.4 is 5.56 Å². The van der Waals surface area contributed by atoms with Crippen molar-refractivity contribution in [3.8, 4) is 5.69 Å². The van der Waals surface area contributed by atoms with Crippen LogP contribution >= 0.6 is 0 Å². The molecule has 0 unspecified atom stereocenters. The van der Waals surface area contributed by atoms with Crippen molar-refractivity contribution in [2.75, 3.05) is 0 Å². The Balaban J connectivity index is 2.67. The van der Waals surface area contributed by atoms with Crippen molar-refractivity contribution in [3.63, 3.8) is 0 Å². The van der Waals surface area contributed by atoms with E-state index >= 15 is 0 Å². The van der Waals surface area contributed by atoms with Crippen molar-refractivity contribution in [3.05, 3.63) is 64.6 Å². The van der Waals surface area contributed by atoms with Gasteiger partial charge in [-0.1, -0.05) is 12.1 Å². The molecule has 2 rings (SSSR count). The maximum Gasteiger partial charge on any atom is 0.255 e. The van der Waals surface area contributed by atoms with E-state index in [9.17, 15) is 4.79 Å². The topological polar surface area (TPSA) is 22.0 Å². The van der Waals surface area contributed by atoms with Gasteiger partial charge in [0.05, 0.1) is 5.69 Å². The molecule has 0 spiro atoms. The smallest absolute Gasteiger partial charge is 0.255 e. The third-order valence-electron chi connectivity index (χ3n) is 2.12. The zero-order valence-electron chi connectivity index (χ0n) is 7.90. The predicted octanol–water partition coefficient (Wildman–Crippen LogP) is 1.95. The zero-order chi connectivity index (χ0) is 9.97. The third-order valence-corrected chi connectivity index (χ3v) is 2.12. The molecule has 0 aliphatic heterocycles. The Kier molecular flexibility index (Phi) is 2.19. The molecule has 2 aromatic rings. The molecule has 0 N–H and O–H groups in total. The maximum absolute atomic E-state index is 11.5. The molecule has 0 amide bonds. The van der Waals surface area contributed by atoms with Gasteiger partial charge in [-0.05, 0) is 36.8 Å². The summed E-state index contributed by atoms with van der Waals surface area (Å²) in [6, 6.07) is 13.7. The number of hydrogen-bond donors (Lipinski definition) is 0. The van der Waals surface area contributed by atoms with Gasteiger partial charge in [0, 0.05) is 12.3 Å².